The van der Waals surface area contributed by atoms with E-state index >= 15 is 0 Å². The second-order valence-electron chi connectivity index (χ2n) is 7.21. The minimum absolute atomic E-state index is 0.157. The second kappa shape index (κ2) is 8.90. The van der Waals surface area contributed by atoms with Gasteiger partial charge in [0.05, 0.1) is 31.9 Å². The lowest BCUT2D eigenvalue weighted by atomic mass is 10.1. The van der Waals surface area contributed by atoms with Gasteiger partial charge in [-0.1, -0.05) is 17.3 Å². The monoisotopic (exact) mass is 407 g/mol. The number of aromatic nitrogens is 1. The van der Waals surface area contributed by atoms with Gasteiger partial charge in [-0.25, -0.2) is 0 Å². The summed E-state index contributed by atoms with van der Waals surface area (Å²) in [4.78, 5) is 14.3. The van der Waals surface area contributed by atoms with Crippen molar-refractivity contribution in [2.45, 2.75) is 26.0 Å². The van der Waals surface area contributed by atoms with Gasteiger partial charge in [-0.15, -0.1) is 0 Å². The van der Waals surface area contributed by atoms with E-state index < -0.39 is 0 Å². The van der Waals surface area contributed by atoms with Crippen LogP contribution in [0, 0.1) is 0 Å². The van der Waals surface area contributed by atoms with Crippen LogP contribution in [0.2, 0.25) is 0 Å². The van der Waals surface area contributed by atoms with Crippen molar-refractivity contribution in [3.63, 3.8) is 0 Å². The van der Waals surface area contributed by atoms with Crippen molar-refractivity contribution in [1.82, 2.24) is 10.5 Å². The first-order valence-electron chi connectivity index (χ1n) is 10.1. The Labute approximate surface area is 175 Å². The minimum atomic E-state index is -0.288. The topological polar surface area (TPSA) is 76.8 Å². The minimum Gasteiger partial charge on any atom is -0.494 e. The van der Waals surface area contributed by atoms with Crippen LogP contribution >= 0.6 is 0 Å². The number of hydrogen-bond acceptors (Lipinski definition) is 6. The molecule has 0 saturated carbocycles. The van der Waals surface area contributed by atoms with E-state index in [4.69, 9.17) is 14.0 Å². The van der Waals surface area contributed by atoms with E-state index in [-0.39, 0.29) is 23.8 Å². The van der Waals surface area contributed by atoms with Gasteiger partial charge in [0.25, 0.3) is 5.91 Å². The fourth-order valence-corrected chi connectivity index (χ4v) is 3.35. The summed E-state index contributed by atoms with van der Waals surface area (Å²) in [5.41, 5.74) is 2.16. The number of carbonyl (C=O) groups is 1. The maximum Gasteiger partial charge on any atom is 0.290 e. The summed E-state index contributed by atoms with van der Waals surface area (Å²) in [6, 6.07) is 17.3. The van der Waals surface area contributed by atoms with Gasteiger partial charge in [-0.05, 0) is 55.8 Å². The smallest absolute Gasteiger partial charge is 0.290 e. The second-order valence-corrected chi connectivity index (χ2v) is 7.21. The largest absolute Gasteiger partial charge is 0.494 e. The Bertz CT molecular complexity index is 949. The van der Waals surface area contributed by atoms with Crippen molar-refractivity contribution >= 4 is 11.6 Å². The Kier molecular flexibility index (Phi) is 5.88. The van der Waals surface area contributed by atoms with E-state index in [0.29, 0.717) is 6.61 Å². The summed E-state index contributed by atoms with van der Waals surface area (Å²) < 4.78 is 16.4. The molecular weight excluding hydrogens is 382 g/mol. The molecular formula is C23H25N3O4. The van der Waals surface area contributed by atoms with E-state index in [1.807, 2.05) is 50.2 Å². The van der Waals surface area contributed by atoms with Crippen LogP contribution in [-0.2, 0) is 0 Å². The Balaban J connectivity index is 1.26. The lowest BCUT2D eigenvalue weighted by Gasteiger charge is -2.40. The molecule has 1 saturated heterocycles. The molecule has 0 bridgehead atoms. The van der Waals surface area contributed by atoms with Crippen molar-refractivity contribution in [2.75, 3.05) is 24.6 Å². The van der Waals surface area contributed by atoms with Gasteiger partial charge >= 0.3 is 0 Å². The molecule has 7 nitrogen and oxygen atoms in total. The molecule has 0 radical (unpaired) electrons. The zero-order chi connectivity index (χ0) is 20.9. The molecule has 1 atom stereocenters. The average Bonchev–Trinajstić information content (AvgIpc) is 3.27. The third-order valence-electron chi connectivity index (χ3n) is 5.05. The number of amides is 1. The Morgan fingerprint density at radius 1 is 1.13 bits per heavy atom. The molecule has 4 rings (SSSR count). The normalized spacial score (nSPS) is 14.7. The van der Waals surface area contributed by atoms with Crippen molar-refractivity contribution in [1.29, 1.82) is 0 Å². The van der Waals surface area contributed by atoms with Crippen LogP contribution in [0.4, 0.5) is 5.69 Å². The molecule has 2 heterocycles. The van der Waals surface area contributed by atoms with Crippen molar-refractivity contribution in [3.8, 4) is 11.5 Å². The van der Waals surface area contributed by atoms with Crippen LogP contribution in [0.1, 0.15) is 36.0 Å². The Morgan fingerprint density at radius 3 is 2.47 bits per heavy atom. The molecule has 156 valence electrons. The number of anilines is 1. The fraction of sp³-hybridized carbons (Fsp3) is 0.304. The molecule has 0 aliphatic carbocycles. The molecule has 0 spiro atoms. The van der Waals surface area contributed by atoms with E-state index in [1.165, 1.54) is 18.0 Å². The number of nitrogens with zero attached hydrogens (tertiary/aromatic N) is 2. The molecule has 1 N–H and O–H groups in total. The maximum atomic E-state index is 12.1. The first-order valence-corrected chi connectivity index (χ1v) is 10.1. The van der Waals surface area contributed by atoms with Gasteiger partial charge in [0, 0.05) is 11.8 Å². The molecule has 7 heteroatoms. The summed E-state index contributed by atoms with van der Waals surface area (Å²) >= 11 is 0. The summed E-state index contributed by atoms with van der Waals surface area (Å²) in [6.45, 7) is 6.26. The molecule has 1 aromatic heterocycles. The van der Waals surface area contributed by atoms with E-state index in [9.17, 15) is 4.79 Å². The first-order chi connectivity index (χ1) is 14.6. The third-order valence-corrected chi connectivity index (χ3v) is 5.05. The zero-order valence-corrected chi connectivity index (χ0v) is 17.1. The van der Waals surface area contributed by atoms with Crippen LogP contribution in [-0.4, -0.2) is 36.9 Å². The van der Waals surface area contributed by atoms with Crippen molar-refractivity contribution in [2.24, 2.45) is 0 Å². The molecule has 1 fully saturated rings. The zero-order valence-electron chi connectivity index (χ0n) is 17.1. The first kappa shape index (κ1) is 19.8. The predicted molar refractivity (Wildman–Crippen MR) is 113 cm³/mol. The van der Waals surface area contributed by atoms with E-state index in [2.05, 4.69) is 27.5 Å². The van der Waals surface area contributed by atoms with Gasteiger partial charge < -0.3 is 24.2 Å². The van der Waals surface area contributed by atoms with Gasteiger partial charge in [-0.3, -0.25) is 4.79 Å². The van der Waals surface area contributed by atoms with Crippen molar-refractivity contribution in [3.05, 3.63) is 72.1 Å². The molecule has 0 unspecified atom stereocenters. The highest BCUT2D eigenvalue weighted by atomic mass is 16.5. The Morgan fingerprint density at radius 2 is 1.83 bits per heavy atom. The number of carbonyl (C=O) groups excluding carboxylic acids is 1. The Hall–Kier alpha value is -3.48. The summed E-state index contributed by atoms with van der Waals surface area (Å²) in [5, 5.41) is 6.44. The number of ether oxygens (including phenoxy) is 2. The van der Waals surface area contributed by atoms with Crippen LogP contribution in [0.25, 0.3) is 0 Å². The van der Waals surface area contributed by atoms with Crippen LogP contribution in [0.15, 0.2) is 65.3 Å². The van der Waals surface area contributed by atoms with Gasteiger partial charge in [0.15, 0.2) is 0 Å². The number of nitrogens with one attached hydrogen (secondary N) is 1. The van der Waals surface area contributed by atoms with Crippen LogP contribution in [0.5, 0.6) is 11.5 Å². The van der Waals surface area contributed by atoms with Gasteiger partial charge in [0.1, 0.15) is 17.6 Å². The van der Waals surface area contributed by atoms with E-state index in [1.54, 1.807) is 0 Å². The average molecular weight is 407 g/mol. The van der Waals surface area contributed by atoms with Gasteiger partial charge in [0.2, 0.25) is 5.76 Å². The predicted octanol–water partition coefficient (Wildman–Crippen LogP) is 3.83. The molecule has 2 aromatic carbocycles. The van der Waals surface area contributed by atoms with Crippen LogP contribution in [0.3, 0.4) is 0 Å². The number of rotatable bonds is 8. The third kappa shape index (κ3) is 4.56. The lowest BCUT2D eigenvalue weighted by molar-refractivity contribution is 0.0902. The fourth-order valence-electron chi connectivity index (χ4n) is 3.35. The van der Waals surface area contributed by atoms with Gasteiger partial charge in [-0.2, -0.15) is 0 Å². The SMILES string of the molecule is CCOc1ccc(N2CC(Oc3ccc([C@H](C)NC(=O)c4ccno4)cc3)C2)cc1. The molecule has 1 aliphatic rings. The van der Waals surface area contributed by atoms with Crippen LogP contribution < -0.4 is 19.7 Å². The number of hydrogen-bond donors (Lipinski definition) is 1. The highest BCUT2D eigenvalue weighted by molar-refractivity contribution is 5.91. The standard InChI is InChI=1S/C23H25N3O4/c1-3-28-19-10-6-18(7-11-19)26-14-21(15-26)29-20-8-4-17(5-9-20)16(2)25-23(27)22-12-13-24-30-22/h4-13,16,21H,3,14-15H2,1-2H3,(H,25,27)/t16-/m0/s1. The number of benzene rings is 2. The highest BCUT2D eigenvalue weighted by Crippen LogP contribution is 2.27. The summed E-state index contributed by atoms with van der Waals surface area (Å²) in [5.74, 6) is 1.62. The molecule has 1 amide bonds. The molecule has 1 aliphatic heterocycles. The van der Waals surface area contributed by atoms with E-state index in [0.717, 1.165) is 30.2 Å². The maximum absolute atomic E-state index is 12.1. The summed E-state index contributed by atoms with van der Waals surface area (Å²) in [6.07, 6.45) is 1.61. The highest BCUT2D eigenvalue weighted by Gasteiger charge is 2.28. The molecule has 30 heavy (non-hydrogen) atoms. The summed E-state index contributed by atoms with van der Waals surface area (Å²) in [7, 11) is 0. The molecule has 3 aromatic rings. The van der Waals surface area contributed by atoms with Crippen molar-refractivity contribution < 1.29 is 18.8 Å². The quantitative estimate of drug-likeness (QED) is 0.612. The lowest BCUT2D eigenvalue weighted by Crippen LogP contribution is -2.54.